The largest absolute Gasteiger partial charge is 0.491 e. The van der Waals surface area contributed by atoms with Gasteiger partial charge in [-0.2, -0.15) is 0 Å². The number of aliphatic hydroxyl groups excluding tert-OH is 1. The van der Waals surface area contributed by atoms with Gasteiger partial charge in [0.15, 0.2) is 5.76 Å². The number of thiazole rings is 1. The lowest BCUT2D eigenvalue weighted by Gasteiger charge is -2.29. The van der Waals surface area contributed by atoms with Crippen LogP contribution in [-0.4, -0.2) is 87.9 Å². The fourth-order valence-electron chi connectivity index (χ4n) is 8.59. The smallest absolute Gasteiger partial charge is 0.269 e. The molecule has 0 radical (unpaired) electrons. The summed E-state index contributed by atoms with van der Waals surface area (Å²) in [5.41, 5.74) is 8.65. The van der Waals surface area contributed by atoms with Crippen LogP contribution in [0, 0.1) is 23.0 Å². The molecule has 3 amide bonds. The molecule has 1 unspecified atom stereocenters. The summed E-state index contributed by atoms with van der Waals surface area (Å²) < 4.78 is 23.0. The number of nitrogens with zero attached hydrogens (tertiary/aromatic N) is 5. The highest BCUT2D eigenvalue weighted by molar-refractivity contribution is 7.13. The van der Waals surface area contributed by atoms with Crippen LogP contribution in [0.1, 0.15) is 72.9 Å². The summed E-state index contributed by atoms with van der Waals surface area (Å²) in [6.07, 6.45) is 4.61. The molecule has 0 spiro atoms. The number of hydrogen-bond donors (Lipinski definition) is 2. The molecule has 0 saturated carbocycles. The lowest BCUT2D eigenvalue weighted by Crippen LogP contribution is -2.48. The van der Waals surface area contributed by atoms with Crippen molar-refractivity contribution in [2.75, 3.05) is 37.9 Å². The van der Waals surface area contributed by atoms with Gasteiger partial charge in [-0.25, -0.2) is 4.98 Å². The molecule has 4 heterocycles. The highest BCUT2D eigenvalue weighted by Gasteiger charge is 2.43. The minimum Gasteiger partial charge on any atom is -0.491 e. The van der Waals surface area contributed by atoms with E-state index in [1.807, 2.05) is 106 Å². The highest BCUT2D eigenvalue weighted by Crippen LogP contribution is 2.38. The van der Waals surface area contributed by atoms with Gasteiger partial charge < -0.3 is 39.0 Å². The van der Waals surface area contributed by atoms with Crippen molar-refractivity contribution in [2.45, 2.75) is 64.8 Å². The van der Waals surface area contributed by atoms with Gasteiger partial charge in [0.25, 0.3) is 17.5 Å². The summed E-state index contributed by atoms with van der Waals surface area (Å²) >= 11 is 1.58. The van der Waals surface area contributed by atoms with E-state index in [-0.39, 0.29) is 74.0 Å². The summed E-state index contributed by atoms with van der Waals surface area (Å²) in [7, 11) is 0. The number of aromatic nitrogens is 2. The van der Waals surface area contributed by atoms with Crippen molar-refractivity contribution in [3.05, 3.63) is 165 Å². The van der Waals surface area contributed by atoms with E-state index in [1.54, 1.807) is 52.7 Å². The van der Waals surface area contributed by atoms with Crippen molar-refractivity contribution < 1.29 is 43.1 Å². The van der Waals surface area contributed by atoms with Gasteiger partial charge in [0.2, 0.25) is 11.8 Å². The number of aryl methyl sites for hydroxylation is 1. The summed E-state index contributed by atoms with van der Waals surface area (Å²) in [6, 6.07) is 29.7. The average molecular weight is 967 g/mol. The second-order valence-electron chi connectivity index (χ2n) is 17.5. The number of likely N-dealkylation sites (tertiary alicyclic amines) is 1. The Bertz CT molecular complexity index is 2860. The molecule has 6 aromatic rings. The van der Waals surface area contributed by atoms with Crippen LogP contribution in [0.5, 0.6) is 11.6 Å². The predicted octanol–water partition coefficient (Wildman–Crippen LogP) is 8.71. The fourth-order valence-corrected chi connectivity index (χ4v) is 9.40. The average Bonchev–Trinajstić information content (AvgIpc) is 4.16. The standard InChI is InChI=1S/C53H54N6O10S/c1-33(2)49(53(63)58-31-41(60)28-46(58)51(61)55-34(3)38-16-18-39(19-17-38)50-35(4)54-32-70-50)47-29-48(56-69-47)68-27-25-66-24-26-67-42-22-14-37(15-23-42)30-57-45-11-6-5-9-43(45)44(52(57)62)10-7-8-36-12-20-40(21-13-36)59(64)65/h5-23,29,32-34,41,46,49,60H,24-28,30-31H2,1-4H3,(H,55,61)/b8-7+,44-10+/t34-,41+,46-,49?/m0/s1. The van der Waals surface area contributed by atoms with E-state index in [2.05, 4.69) is 15.5 Å². The van der Waals surface area contributed by atoms with Crippen LogP contribution in [0.3, 0.4) is 0 Å². The number of rotatable bonds is 20. The number of carbonyl (C=O) groups excluding carboxylic acids is 3. The van der Waals surface area contributed by atoms with Crippen molar-refractivity contribution in [3.8, 4) is 22.1 Å². The summed E-state index contributed by atoms with van der Waals surface area (Å²) in [5.74, 6) is -0.663. The number of non-ortho nitro benzene ring substituents is 1. The number of fused-ring (bicyclic) bond motifs is 1. The summed E-state index contributed by atoms with van der Waals surface area (Å²) in [4.78, 5) is 60.6. The number of nitrogens with one attached hydrogen (secondary N) is 1. The quantitative estimate of drug-likeness (QED) is 0.0320. The summed E-state index contributed by atoms with van der Waals surface area (Å²) in [5, 5.41) is 28.7. The Balaban J connectivity index is 0.768. The number of ether oxygens (including phenoxy) is 3. The van der Waals surface area contributed by atoms with E-state index >= 15 is 0 Å². The van der Waals surface area contributed by atoms with E-state index in [1.165, 1.54) is 17.0 Å². The Morgan fingerprint density at radius 2 is 1.70 bits per heavy atom. The van der Waals surface area contributed by atoms with Crippen molar-refractivity contribution in [3.63, 3.8) is 0 Å². The first-order chi connectivity index (χ1) is 33.8. The van der Waals surface area contributed by atoms with Crippen molar-refractivity contribution in [1.29, 1.82) is 0 Å². The predicted molar refractivity (Wildman–Crippen MR) is 265 cm³/mol. The third-order valence-corrected chi connectivity index (χ3v) is 13.2. The van der Waals surface area contributed by atoms with Gasteiger partial charge in [-0.05, 0) is 83.6 Å². The number of allylic oxidation sites excluding steroid dienone is 2. The monoisotopic (exact) mass is 966 g/mol. The number of carbonyl (C=O) groups is 3. The molecule has 2 aliphatic heterocycles. The number of hydrogen-bond acceptors (Lipinski definition) is 13. The van der Waals surface area contributed by atoms with Crippen LogP contribution in [0.4, 0.5) is 11.4 Å². The molecule has 16 nitrogen and oxygen atoms in total. The number of para-hydroxylation sites is 1. The SMILES string of the molecule is Cc1ncsc1-c1ccc([C@H](C)NC(=O)[C@@H]2C[C@@H](O)CN2C(=O)C(c2cc(OCCOCCOc3ccc(CN4C(=O)/C(=C/C=C/c5ccc([N+](=O)[O-])cc5)c5ccccc54)cc3)no2)C(C)C)cc1. The molecule has 1 saturated heterocycles. The zero-order chi connectivity index (χ0) is 49.3. The minimum absolute atomic E-state index is 0.0148. The molecule has 8 rings (SSSR count). The fraction of sp³-hybridized carbons (Fsp3) is 0.302. The Morgan fingerprint density at radius 1 is 0.971 bits per heavy atom. The molecular weight excluding hydrogens is 913 g/mol. The molecular formula is C53H54N6O10S. The van der Waals surface area contributed by atoms with Crippen molar-refractivity contribution in [2.24, 2.45) is 5.92 Å². The van der Waals surface area contributed by atoms with Gasteiger partial charge in [0, 0.05) is 42.3 Å². The molecule has 0 bridgehead atoms. The van der Waals surface area contributed by atoms with E-state index < -0.39 is 23.0 Å². The van der Waals surface area contributed by atoms with E-state index in [0.717, 1.165) is 44.1 Å². The highest BCUT2D eigenvalue weighted by atomic mass is 32.1. The Labute approximate surface area is 409 Å². The van der Waals surface area contributed by atoms with Crippen LogP contribution in [0.2, 0.25) is 0 Å². The van der Waals surface area contributed by atoms with Crippen LogP contribution in [-0.2, 0) is 25.7 Å². The number of nitro benzene ring substituents is 1. The van der Waals surface area contributed by atoms with Gasteiger partial charge in [-0.3, -0.25) is 24.5 Å². The minimum atomic E-state index is -0.859. The summed E-state index contributed by atoms with van der Waals surface area (Å²) in [6.45, 7) is 9.00. The number of aliphatic hydroxyl groups is 1. The first-order valence-corrected chi connectivity index (χ1v) is 23.9. The zero-order valence-corrected chi connectivity index (χ0v) is 40.0. The number of benzene rings is 4. The molecule has 17 heteroatoms. The zero-order valence-electron chi connectivity index (χ0n) is 39.2. The van der Waals surface area contributed by atoms with E-state index in [9.17, 15) is 29.6 Å². The second kappa shape index (κ2) is 22.3. The molecule has 2 aromatic heterocycles. The van der Waals surface area contributed by atoms with Crippen LogP contribution >= 0.6 is 11.3 Å². The van der Waals surface area contributed by atoms with Gasteiger partial charge >= 0.3 is 0 Å². The van der Waals surface area contributed by atoms with Crippen molar-refractivity contribution in [1.82, 2.24) is 20.4 Å². The molecule has 1 fully saturated rings. The van der Waals surface area contributed by atoms with E-state index in [0.29, 0.717) is 30.2 Å². The van der Waals surface area contributed by atoms with Gasteiger partial charge in [0.1, 0.15) is 30.9 Å². The maximum Gasteiger partial charge on any atom is 0.269 e. The lowest BCUT2D eigenvalue weighted by molar-refractivity contribution is -0.384. The first kappa shape index (κ1) is 49.0. The maximum atomic E-state index is 14.1. The van der Waals surface area contributed by atoms with Crippen molar-refractivity contribution >= 4 is 52.1 Å². The molecule has 4 aromatic carbocycles. The number of amides is 3. The third-order valence-electron chi connectivity index (χ3n) is 12.2. The van der Waals surface area contributed by atoms with E-state index in [4.69, 9.17) is 18.7 Å². The van der Waals surface area contributed by atoms with Crippen LogP contribution < -0.4 is 19.7 Å². The molecule has 2 aliphatic rings. The normalized spacial score (nSPS) is 17.1. The molecule has 4 atom stereocenters. The number of anilines is 1. The second-order valence-corrected chi connectivity index (χ2v) is 18.3. The molecule has 362 valence electrons. The molecule has 70 heavy (non-hydrogen) atoms. The number of nitro groups is 1. The topological polar surface area (TPSA) is 200 Å². The van der Waals surface area contributed by atoms with Gasteiger partial charge in [-0.1, -0.05) is 80.6 Å². The Kier molecular flexibility index (Phi) is 15.6. The first-order valence-electron chi connectivity index (χ1n) is 23.1. The Morgan fingerprint density at radius 3 is 2.40 bits per heavy atom. The van der Waals surface area contributed by atoms with Crippen LogP contribution in [0.25, 0.3) is 22.1 Å². The molecule has 0 aliphatic carbocycles. The third kappa shape index (κ3) is 11.5. The maximum absolute atomic E-state index is 14.1. The van der Waals surface area contributed by atoms with Gasteiger partial charge in [0.05, 0.1) is 58.6 Å². The lowest BCUT2D eigenvalue weighted by atomic mass is 9.91. The van der Waals surface area contributed by atoms with Gasteiger partial charge in [-0.15, -0.1) is 11.3 Å². The van der Waals surface area contributed by atoms with Crippen LogP contribution in [0.15, 0.2) is 125 Å². The Hall–Kier alpha value is -7.47. The number of β-amino-alcohol motifs (C(OH)–C–C–N with tert-alkyl or cyclic N) is 1. The molecule has 2 N–H and O–H groups in total.